The number of amides is 1. The lowest BCUT2D eigenvalue weighted by molar-refractivity contribution is -0.274. The normalized spacial score (nSPS) is 11.2. The van der Waals surface area contributed by atoms with E-state index in [4.69, 9.17) is 0 Å². The Morgan fingerprint density at radius 3 is 2.52 bits per heavy atom. The Kier molecular flexibility index (Phi) is 5.57. The van der Waals surface area contributed by atoms with Crippen LogP contribution in [0.25, 0.3) is 11.6 Å². The largest absolute Gasteiger partial charge is 0.573 e. The van der Waals surface area contributed by atoms with Crippen LogP contribution >= 0.6 is 0 Å². The summed E-state index contributed by atoms with van der Waals surface area (Å²) in [7, 11) is 0. The second-order valence-corrected chi connectivity index (χ2v) is 5.82. The van der Waals surface area contributed by atoms with E-state index in [-0.39, 0.29) is 28.6 Å². The number of benzene rings is 1. The lowest BCUT2D eigenvalue weighted by atomic mass is 10.1. The summed E-state index contributed by atoms with van der Waals surface area (Å²) in [6.45, 7) is 1.53. The molecule has 2 N–H and O–H groups in total. The molecule has 8 nitrogen and oxygen atoms in total. The molecule has 1 amide bonds. The SMILES string of the molecule is Cc1nc(-c2ncccn2)[nH]c(=O)c1CC(=O)Nc1ccccc1OC(F)(F)F. The summed E-state index contributed by atoms with van der Waals surface area (Å²) in [4.78, 5) is 39.3. The van der Waals surface area contributed by atoms with Gasteiger partial charge in [-0.25, -0.2) is 15.0 Å². The van der Waals surface area contributed by atoms with E-state index in [1.807, 2.05) is 0 Å². The van der Waals surface area contributed by atoms with E-state index in [0.29, 0.717) is 0 Å². The number of carbonyl (C=O) groups excluding carboxylic acids is 1. The number of aromatic nitrogens is 4. The molecule has 0 aliphatic rings. The Balaban J connectivity index is 1.79. The maximum Gasteiger partial charge on any atom is 0.573 e. The van der Waals surface area contributed by atoms with Gasteiger partial charge in [-0.1, -0.05) is 12.1 Å². The van der Waals surface area contributed by atoms with E-state index in [1.54, 1.807) is 6.07 Å². The number of halogens is 3. The molecular weight excluding hydrogens is 391 g/mol. The van der Waals surface area contributed by atoms with Gasteiger partial charge >= 0.3 is 6.36 Å². The highest BCUT2D eigenvalue weighted by Gasteiger charge is 2.32. The molecule has 0 aliphatic heterocycles. The first-order chi connectivity index (χ1) is 13.7. The zero-order valence-electron chi connectivity index (χ0n) is 14.9. The fourth-order valence-electron chi connectivity index (χ4n) is 2.48. The quantitative estimate of drug-likeness (QED) is 0.675. The lowest BCUT2D eigenvalue weighted by Crippen LogP contribution is -2.25. The van der Waals surface area contributed by atoms with Gasteiger partial charge in [0.1, 0.15) is 0 Å². The number of hydrogen-bond donors (Lipinski definition) is 2. The highest BCUT2D eigenvalue weighted by molar-refractivity contribution is 5.93. The Morgan fingerprint density at radius 2 is 1.86 bits per heavy atom. The van der Waals surface area contributed by atoms with Gasteiger partial charge in [-0.05, 0) is 25.1 Å². The number of aryl methyl sites for hydroxylation is 1. The van der Waals surface area contributed by atoms with Crippen LogP contribution in [0.3, 0.4) is 0 Å². The Bertz CT molecular complexity index is 1080. The molecule has 2 aromatic heterocycles. The summed E-state index contributed by atoms with van der Waals surface area (Å²) in [6.07, 6.45) is -2.34. The second-order valence-electron chi connectivity index (χ2n) is 5.82. The van der Waals surface area contributed by atoms with Crippen LogP contribution in [0.1, 0.15) is 11.3 Å². The molecule has 0 bridgehead atoms. The summed E-state index contributed by atoms with van der Waals surface area (Å²) >= 11 is 0. The third-order valence-electron chi connectivity index (χ3n) is 3.72. The molecule has 2 heterocycles. The molecule has 0 fully saturated rings. The molecule has 0 aliphatic carbocycles. The first kappa shape index (κ1) is 20.0. The summed E-state index contributed by atoms with van der Waals surface area (Å²) in [5.41, 5.74) is -0.413. The Hall–Kier alpha value is -3.76. The van der Waals surface area contributed by atoms with Crippen LogP contribution in [0.4, 0.5) is 18.9 Å². The fourth-order valence-corrected chi connectivity index (χ4v) is 2.48. The van der Waals surface area contributed by atoms with Crippen molar-refractivity contribution in [2.75, 3.05) is 5.32 Å². The first-order valence-corrected chi connectivity index (χ1v) is 8.25. The van der Waals surface area contributed by atoms with Gasteiger partial charge in [-0.2, -0.15) is 0 Å². The third kappa shape index (κ3) is 5.15. The van der Waals surface area contributed by atoms with Crippen molar-refractivity contribution < 1.29 is 22.7 Å². The van der Waals surface area contributed by atoms with Gasteiger partial charge in [-0.15, -0.1) is 13.2 Å². The van der Waals surface area contributed by atoms with Crippen molar-refractivity contribution in [3.63, 3.8) is 0 Å². The van der Waals surface area contributed by atoms with Gasteiger partial charge in [0.15, 0.2) is 17.4 Å². The van der Waals surface area contributed by atoms with Gasteiger partial charge in [0.05, 0.1) is 12.1 Å². The number of aromatic amines is 1. The molecule has 0 radical (unpaired) electrons. The molecule has 150 valence electrons. The van der Waals surface area contributed by atoms with Crippen LogP contribution in [-0.4, -0.2) is 32.2 Å². The molecule has 1 aromatic carbocycles. The van der Waals surface area contributed by atoms with Crippen LogP contribution in [0, 0.1) is 6.92 Å². The van der Waals surface area contributed by atoms with E-state index in [1.165, 1.54) is 37.5 Å². The lowest BCUT2D eigenvalue weighted by Gasteiger charge is -2.14. The summed E-state index contributed by atoms with van der Waals surface area (Å²) < 4.78 is 41.4. The van der Waals surface area contributed by atoms with Gasteiger partial charge in [0.25, 0.3) is 5.56 Å². The minimum absolute atomic E-state index is 0.0661. The number of anilines is 1. The molecule has 0 saturated carbocycles. The van der Waals surface area contributed by atoms with E-state index >= 15 is 0 Å². The highest BCUT2D eigenvalue weighted by atomic mass is 19.4. The first-order valence-electron chi connectivity index (χ1n) is 8.25. The minimum atomic E-state index is -4.91. The Morgan fingerprint density at radius 1 is 1.17 bits per heavy atom. The monoisotopic (exact) mass is 405 g/mol. The van der Waals surface area contributed by atoms with Crippen molar-refractivity contribution in [3.8, 4) is 17.4 Å². The van der Waals surface area contributed by atoms with Crippen molar-refractivity contribution >= 4 is 11.6 Å². The average Bonchev–Trinajstić information content (AvgIpc) is 2.66. The summed E-state index contributed by atoms with van der Waals surface area (Å²) in [5, 5.41) is 2.31. The number of alkyl halides is 3. The Labute approximate surface area is 161 Å². The zero-order valence-corrected chi connectivity index (χ0v) is 14.9. The molecule has 11 heteroatoms. The number of para-hydroxylation sites is 2. The van der Waals surface area contributed by atoms with Crippen LogP contribution in [-0.2, 0) is 11.2 Å². The van der Waals surface area contributed by atoms with Crippen molar-refractivity contribution in [2.24, 2.45) is 0 Å². The molecule has 3 rings (SSSR count). The van der Waals surface area contributed by atoms with Crippen molar-refractivity contribution in [3.05, 3.63) is 64.3 Å². The average molecular weight is 405 g/mol. The maximum atomic E-state index is 12.5. The molecule has 0 saturated heterocycles. The third-order valence-corrected chi connectivity index (χ3v) is 3.72. The number of H-pyrrole nitrogens is 1. The van der Waals surface area contributed by atoms with Crippen molar-refractivity contribution in [1.29, 1.82) is 0 Å². The minimum Gasteiger partial charge on any atom is -0.404 e. The second kappa shape index (κ2) is 8.09. The van der Waals surface area contributed by atoms with Crippen LogP contribution in [0.2, 0.25) is 0 Å². The van der Waals surface area contributed by atoms with Gasteiger partial charge in [0.2, 0.25) is 5.91 Å². The van der Waals surface area contributed by atoms with Crippen molar-refractivity contribution in [2.45, 2.75) is 19.7 Å². The number of hydrogen-bond acceptors (Lipinski definition) is 6. The predicted octanol–water partition coefficient (Wildman–Crippen LogP) is 2.62. The highest BCUT2D eigenvalue weighted by Crippen LogP contribution is 2.30. The number of nitrogens with zero attached hydrogens (tertiary/aromatic N) is 3. The summed E-state index contributed by atoms with van der Waals surface area (Å²) in [6, 6.07) is 6.70. The molecule has 0 atom stereocenters. The zero-order chi connectivity index (χ0) is 21.0. The standard InChI is InChI=1S/C18H14F3N5O3/c1-10-11(17(28)26-16(24-10)15-22-7-4-8-23-15)9-14(27)25-12-5-2-3-6-13(12)29-18(19,20)21/h2-8H,9H2,1H3,(H,25,27)(H,24,26,28). The fraction of sp³-hybridized carbons (Fsp3) is 0.167. The molecule has 3 aromatic rings. The predicted molar refractivity (Wildman–Crippen MR) is 96.1 cm³/mol. The number of rotatable bonds is 5. The molecule has 0 unspecified atom stereocenters. The molecular formula is C18H14F3N5O3. The van der Waals surface area contributed by atoms with E-state index < -0.39 is 30.0 Å². The van der Waals surface area contributed by atoms with Gasteiger partial charge < -0.3 is 15.0 Å². The number of nitrogens with one attached hydrogen (secondary N) is 2. The number of ether oxygens (including phenoxy) is 1. The van der Waals surface area contributed by atoms with Crippen LogP contribution < -0.4 is 15.6 Å². The maximum absolute atomic E-state index is 12.5. The number of carbonyl (C=O) groups is 1. The topological polar surface area (TPSA) is 110 Å². The van der Waals surface area contributed by atoms with E-state index in [0.717, 1.165) is 6.07 Å². The van der Waals surface area contributed by atoms with Crippen LogP contribution in [0.15, 0.2) is 47.5 Å². The molecule has 0 spiro atoms. The summed E-state index contributed by atoms with van der Waals surface area (Å²) in [5.74, 6) is -0.917. The smallest absolute Gasteiger partial charge is 0.404 e. The van der Waals surface area contributed by atoms with Crippen molar-refractivity contribution in [1.82, 2.24) is 19.9 Å². The van der Waals surface area contributed by atoms with Gasteiger partial charge in [-0.3, -0.25) is 9.59 Å². The van der Waals surface area contributed by atoms with Gasteiger partial charge in [0, 0.05) is 23.7 Å². The van der Waals surface area contributed by atoms with Crippen LogP contribution in [0.5, 0.6) is 5.75 Å². The van der Waals surface area contributed by atoms with E-state index in [2.05, 4.69) is 30.0 Å². The molecule has 29 heavy (non-hydrogen) atoms. The van der Waals surface area contributed by atoms with E-state index in [9.17, 15) is 22.8 Å².